The van der Waals surface area contributed by atoms with Crippen molar-refractivity contribution < 1.29 is 19.8 Å². The number of nitrogens with one attached hydrogen (secondary N) is 1. The van der Waals surface area contributed by atoms with Gasteiger partial charge in [0.2, 0.25) is 5.91 Å². The number of aliphatic hydroxyl groups is 1. The van der Waals surface area contributed by atoms with Crippen LogP contribution < -0.4 is 5.32 Å². The molecule has 1 amide bonds. The van der Waals surface area contributed by atoms with Gasteiger partial charge in [-0.05, 0) is 25.7 Å². The highest BCUT2D eigenvalue weighted by atomic mass is 16.4. The molecule has 90 valence electrons. The Hall–Kier alpha value is -1.36. The lowest BCUT2D eigenvalue weighted by Crippen LogP contribution is -2.47. The van der Waals surface area contributed by atoms with Gasteiger partial charge in [-0.2, -0.15) is 0 Å². The zero-order chi connectivity index (χ0) is 12.1. The maximum absolute atomic E-state index is 11.5. The lowest BCUT2D eigenvalue weighted by Gasteiger charge is -2.17. The van der Waals surface area contributed by atoms with Crippen LogP contribution in [0.25, 0.3) is 0 Å². The van der Waals surface area contributed by atoms with Gasteiger partial charge < -0.3 is 15.5 Å². The summed E-state index contributed by atoms with van der Waals surface area (Å²) < 4.78 is 0. The average molecular weight is 227 g/mol. The first-order valence-corrected chi connectivity index (χ1v) is 5.37. The van der Waals surface area contributed by atoms with E-state index in [9.17, 15) is 14.7 Å². The number of amides is 1. The van der Waals surface area contributed by atoms with E-state index in [-0.39, 0.29) is 18.2 Å². The summed E-state index contributed by atoms with van der Waals surface area (Å²) in [6.45, 7) is 1.34. The summed E-state index contributed by atoms with van der Waals surface area (Å²) in [4.78, 5) is 22.2. The summed E-state index contributed by atoms with van der Waals surface area (Å²) in [6, 6.07) is -1.22. The molecule has 0 aromatic rings. The molecule has 1 rings (SSSR count). The minimum Gasteiger partial charge on any atom is -0.480 e. The van der Waals surface area contributed by atoms with E-state index in [2.05, 4.69) is 5.32 Å². The maximum Gasteiger partial charge on any atom is 0.328 e. The normalized spacial score (nSPS) is 22.8. The van der Waals surface area contributed by atoms with Crippen LogP contribution in [-0.4, -0.2) is 34.2 Å². The number of carbonyl (C=O) groups excluding carboxylic acids is 1. The van der Waals surface area contributed by atoms with E-state index in [1.54, 1.807) is 0 Å². The Morgan fingerprint density at radius 3 is 2.69 bits per heavy atom. The second-order valence-electron chi connectivity index (χ2n) is 4.09. The Morgan fingerprint density at radius 2 is 2.25 bits per heavy atom. The molecule has 0 saturated heterocycles. The van der Waals surface area contributed by atoms with Gasteiger partial charge in [-0.25, -0.2) is 4.79 Å². The van der Waals surface area contributed by atoms with E-state index in [0.717, 1.165) is 12.8 Å². The largest absolute Gasteiger partial charge is 0.480 e. The monoisotopic (exact) mass is 227 g/mol. The van der Waals surface area contributed by atoms with Crippen LogP contribution in [0.2, 0.25) is 0 Å². The van der Waals surface area contributed by atoms with Gasteiger partial charge >= 0.3 is 5.97 Å². The molecule has 3 N–H and O–H groups in total. The molecule has 1 aliphatic carbocycles. The van der Waals surface area contributed by atoms with Crippen LogP contribution in [0.15, 0.2) is 12.2 Å². The SMILES string of the molecule is CC(O)C(NC(=O)CC1C=CCC1)C(=O)O. The zero-order valence-corrected chi connectivity index (χ0v) is 9.22. The van der Waals surface area contributed by atoms with E-state index in [0.29, 0.717) is 0 Å². The number of carbonyl (C=O) groups is 2. The molecule has 0 aliphatic heterocycles. The van der Waals surface area contributed by atoms with Crippen molar-refractivity contribution in [2.45, 2.75) is 38.3 Å². The Balaban J connectivity index is 2.42. The predicted molar refractivity (Wildman–Crippen MR) is 57.7 cm³/mol. The topological polar surface area (TPSA) is 86.6 Å². The van der Waals surface area contributed by atoms with E-state index < -0.39 is 18.1 Å². The summed E-state index contributed by atoms with van der Waals surface area (Å²) in [5.74, 6) is -1.35. The highest BCUT2D eigenvalue weighted by molar-refractivity contribution is 5.84. The minimum absolute atomic E-state index is 0.198. The Kier molecular flexibility index (Phi) is 4.49. The van der Waals surface area contributed by atoms with Crippen LogP contribution in [0.1, 0.15) is 26.2 Å². The van der Waals surface area contributed by atoms with Gasteiger partial charge in [0.05, 0.1) is 6.10 Å². The molecule has 0 spiro atoms. The number of hydrogen-bond donors (Lipinski definition) is 3. The summed E-state index contributed by atoms with van der Waals surface area (Å²) in [6.07, 6.45) is 5.07. The zero-order valence-electron chi connectivity index (χ0n) is 9.22. The fourth-order valence-electron chi connectivity index (χ4n) is 1.72. The lowest BCUT2D eigenvalue weighted by molar-refractivity contribution is -0.144. The molecule has 0 fully saturated rings. The summed E-state index contributed by atoms with van der Waals surface area (Å²) >= 11 is 0. The number of hydrogen-bond acceptors (Lipinski definition) is 3. The van der Waals surface area contributed by atoms with Crippen LogP contribution in [0.5, 0.6) is 0 Å². The standard InChI is InChI=1S/C11H17NO4/c1-7(13)10(11(15)16)12-9(14)6-8-4-2-3-5-8/h2,4,7-8,10,13H,3,5-6H2,1H3,(H,12,14)(H,15,16). The van der Waals surface area contributed by atoms with Gasteiger partial charge in [0, 0.05) is 6.42 Å². The van der Waals surface area contributed by atoms with Gasteiger partial charge in [0.1, 0.15) is 0 Å². The third-order valence-corrected chi connectivity index (χ3v) is 2.62. The van der Waals surface area contributed by atoms with Crippen molar-refractivity contribution in [2.75, 3.05) is 0 Å². The van der Waals surface area contributed by atoms with Crippen LogP contribution >= 0.6 is 0 Å². The van der Waals surface area contributed by atoms with Crippen LogP contribution in [-0.2, 0) is 9.59 Å². The summed E-state index contributed by atoms with van der Waals surface area (Å²) in [7, 11) is 0. The third-order valence-electron chi connectivity index (χ3n) is 2.62. The number of allylic oxidation sites excluding steroid dienone is 2. The number of aliphatic carboxylic acids is 1. The summed E-state index contributed by atoms with van der Waals surface area (Å²) in [5, 5.41) is 20.3. The number of aliphatic hydroxyl groups excluding tert-OH is 1. The smallest absolute Gasteiger partial charge is 0.328 e. The maximum atomic E-state index is 11.5. The van der Waals surface area contributed by atoms with Crippen molar-refractivity contribution in [3.63, 3.8) is 0 Å². The molecule has 0 aromatic heterocycles. The van der Waals surface area contributed by atoms with Gasteiger partial charge in [-0.15, -0.1) is 0 Å². The molecule has 0 saturated carbocycles. The molecular formula is C11H17NO4. The van der Waals surface area contributed by atoms with Crippen molar-refractivity contribution in [3.8, 4) is 0 Å². The molecule has 0 bridgehead atoms. The Labute approximate surface area is 94.2 Å². The first-order chi connectivity index (χ1) is 7.50. The van der Waals surface area contributed by atoms with Gasteiger partial charge in [-0.1, -0.05) is 12.2 Å². The minimum atomic E-state index is -1.22. The van der Waals surface area contributed by atoms with Crippen molar-refractivity contribution >= 4 is 11.9 Å². The average Bonchev–Trinajstić information content (AvgIpc) is 2.65. The molecule has 5 nitrogen and oxygen atoms in total. The molecule has 3 atom stereocenters. The van der Waals surface area contributed by atoms with Crippen molar-refractivity contribution in [2.24, 2.45) is 5.92 Å². The third kappa shape index (κ3) is 3.66. The van der Waals surface area contributed by atoms with E-state index in [4.69, 9.17) is 5.11 Å². The highest BCUT2D eigenvalue weighted by Gasteiger charge is 2.25. The predicted octanol–water partition coefficient (Wildman–Crippen LogP) is 0.293. The van der Waals surface area contributed by atoms with Crippen molar-refractivity contribution in [3.05, 3.63) is 12.2 Å². The first-order valence-electron chi connectivity index (χ1n) is 5.37. The van der Waals surface area contributed by atoms with E-state index in [1.165, 1.54) is 6.92 Å². The molecule has 3 unspecified atom stereocenters. The van der Waals surface area contributed by atoms with E-state index in [1.807, 2.05) is 12.2 Å². The fraction of sp³-hybridized carbons (Fsp3) is 0.636. The Bertz CT molecular complexity index is 298. The van der Waals surface area contributed by atoms with Gasteiger partial charge in [-0.3, -0.25) is 4.79 Å². The van der Waals surface area contributed by atoms with Gasteiger partial charge in [0.25, 0.3) is 0 Å². The van der Waals surface area contributed by atoms with Crippen molar-refractivity contribution in [1.29, 1.82) is 0 Å². The first kappa shape index (κ1) is 12.7. The second-order valence-corrected chi connectivity index (χ2v) is 4.09. The highest BCUT2D eigenvalue weighted by Crippen LogP contribution is 2.20. The van der Waals surface area contributed by atoms with Crippen LogP contribution in [0, 0.1) is 5.92 Å². The molecular weight excluding hydrogens is 210 g/mol. The molecule has 0 aromatic carbocycles. The molecule has 16 heavy (non-hydrogen) atoms. The number of carboxylic acids is 1. The molecule has 1 aliphatic rings. The molecule has 0 radical (unpaired) electrons. The number of carboxylic acid groups (broad SMARTS) is 1. The lowest BCUT2D eigenvalue weighted by atomic mass is 10.0. The fourth-order valence-corrected chi connectivity index (χ4v) is 1.72. The van der Waals surface area contributed by atoms with Crippen molar-refractivity contribution in [1.82, 2.24) is 5.32 Å². The number of rotatable bonds is 5. The van der Waals surface area contributed by atoms with Gasteiger partial charge in [0.15, 0.2) is 6.04 Å². The molecule has 5 heteroatoms. The van der Waals surface area contributed by atoms with Crippen LogP contribution in [0.4, 0.5) is 0 Å². The molecule has 0 heterocycles. The summed E-state index contributed by atoms with van der Waals surface area (Å²) in [5.41, 5.74) is 0. The van der Waals surface area contributed by atoms with E-state index >= 15 is 0 Å². The Morgan fingerprint density at radius 1 is 1.56 bits per heavy atom. The van der Waals surface area contributed by atoms with Crippen LogP contribution in [0.3, 0.4) is 0 Å². The quantitative estimate of drug-likeness (QED) is 0.589. The second kappa shape index (κ2) is 5.65.